The molecule has 1 aromatic carbocycles. The second-order valence-electron chi connectivity index (χ2n) is 5.61. The minimum absolute atomic E-state index is 0.380. The van der Waals surface area contributed by atoms with Crippen molar-refractivity contribution in [2.45, 2.75) is 47.0 Å². The Balaban J connectivity index is 2.47. The number of hydrogen-bond donors (Lipinski definition) is 1. The molecule has 2 N–H and O–H groups in total. The van der Waals surface area contributed by atoms with Crippen LogP contribution in [0.15, 0.2) is 18.2 Å². The maximum Gasteiger partial charge on any atom is 0.227 e. The van der Waals surface area contributed by atoms with E-state index < -0.39 is 0 Å². The van der Waals surface area contributed by atoms with Crippen LogP contribution in [0.4, 0.5) is 5.82 Å². The van der Waals surface area contributed by atoms with Crippen LogP contribution in [0.2, 0.25) is 0 Å². The highest BCUT2D eigenvalue weighted by molar-refractivity contribution is 5.48. The van der Waals surface area contributed by atoms with Gasteiger partial charge in [0.15, 0.2) is 0 Å². The Morgan fingerprint density at radius 3 is 2.52 bits per heavy atom. The lowest BCUT2D eigenvalue weighted by molar-refractivity contribution is 0.447. The molecule has 0 amide bonds. The number of rotatable bonds is 4. The normalized spacial score (nSPS) is 11.0. The third kappa shape index (κ3) is 3.32. The van der Waals surface area contributed by atoms with Gasteiger partial charge in [0, 0.05) is 6.42 Å². The Morgan fingerprint density at radius 1 is 1.19 bits per heavy atom. The van der Waals surface area contributed by atoms with Crippen molar-refractivity contribution in [3.63, 3.8) is 0 Å². The first-order chi connectivity index (χ1) is 9.92. The molecule has 0 saturated carbocycles. The van der Waals surface area contributed by atoms with Gasteiger partial charge < -0.3 is 10.5 Å². The van der Waals surface area contributed by atoms with Gasteiger partial charge in [-0.05, 0) is 37.0 Å². The van der Waals surface area contributed by atoms with Crippen molar-refractivity contribution in [3.05, 3.63) is 40.7 Å². The van der Waals surface area contributed by atoms with Crippen LogP contribution < -0.4 is 10.5 Å². The third-order valence-electron chi connectivity index (χ3n) is 3.50. The van der Waals surface area contributed by atoms with Crippen LogP contribution in [0, 0.1) is 13.8 Å². The largest absolute Gasteiger partial charge is 0.438 e. The summed E-state index contributed by atoms with van der Waals surface area (Å²) < 4.78 is 6.07. The molecule has 0 saturated heterocycles. The lowest BCUT2D eigenvalue weighted by atomic mass is 10.0. The average Bonchev–Trinajstić information content (AvgIpc) is 2.43. The lowest BCUT2D eigenvalue weighted by Crippen LogP contribution is -2.05. The van der Waals surface area contributed by atoms with E-state index in [4.69, 9.17) is 10.5 Å². The van der Waals surface area contributed by atoms with E-state index in [0.717, 1.165) is 28.9 Å². The molecule has 0 unspecified atom stereocenters. The summed E-state index contributed by atoms with van der Waals surface area (Å²) in [5, 5.41) is 0. The van der Waals surface area contributed by atoms with Crippen LogP contribution in [0.1, 0.15) is 49.2 Å². The fourth-order valence-electron chi connectivity index (χ4n) is 2.13. The zero-order valence-corrected chi connectivity index (χ0v) is 13.4. The van der Waals surface area contributed by atoms with Crippen molar-refractivity contribution in [3.8, 4) is 11.6 Å². The van der Waals surface area contributed by atoms with Crippen molar-refractivity contribution in [2.24, 2.45) is 0 Å². The summed E-state index contributed by atoms with van der Waals surface area (Å²) in [6.07, 6.45) is 0.728. The van der Waals surface area contributed by atoms with Gasteiger partial charge in [0.25, 0.3) is 0 Å². The fraction of sp³-hybridized carbons (Fsp3) is 0.412. The predicted octanol–water partition coefficient (Wildman–Crippen LogP) is 4.15. The summed E-state index contributed by atoms with van der Waals surface area (Å²) in [5.74, 6) is 2.95. The summed E-state index contributed by atoms with van der Waals surface area (Å²) >= 11 is 0. The molecule has 1 heterocycles. The summed E-state index contributed by atoms with van der Waals surface area (Å²) in [5.41, 5.74) is 9.05. The second kappa shape index (κ2) is 6.12. The van der Waals surface area contributed by atoms with Crippen molar-refractivity contribution in [1.82, 2.24) is 9.97 Å². The van der Waals surface area contributed by atoms with E-state index in [1.807, 2.05) is 19.9 Å². The second-order valence-corrected chi connectivity index (χ2v) is 5.61. The number of hydrogen-bond acceptors (Lipinski definition) is 4. The summed E-state index contributed by atoms with van der Waals surface area (Å²) in [4.78, 5) is 8.72. The topological polar surface area (TPSA) is 61.0 Å². The van der Waals surface area contributed by atoms with Crippen LogP contribution in [0.25, 0.3) is 0 Å². The third-order valence-corrected chi connectivity index (χ3v) is 3.50. The van der Waals surface area contributed by atoms with Gasteiger partial charge in [0.1, 0.15) is 17.4 Å². The molecular formula is C17H23N3O. The quantitative estimate of drug-likeness (QED) is 0.916. The molecule has 1 aromatic heterocycles. The summed E-state index contributed by atoms with van der Waals surface area (Å²) in [7, 11) is 0. The zero-order chi connectivity index (χ0) is 15.6. The van der Waals surface area contributed by atoms with E-state index in [-0.39, 0.29) is 0 Å². The fourth-order valence-corrected chi connectivity index (χ4v) is 2.13. The van der Waals surface area contributed by atoms with Crippen molar-refractivity contribution < 1.29 is 4.74 Å². The number of aromatic nitrogens is 2. The Labute approximate surface area is 126 Å². The number of nitrogens with two attached hydrogens (primary N) is 1. The first-order valence-electron chi connectivity index (χ1n) is 7.33. The molecule has 0 spiro atoms. The molecule has 0 aliphatic carbocycles. The van der Waals surface area contributed by atoms with Crippen LogP contribution in [-0.4, -0.2) is 9.97 Å². The lowest BCUT2D eigenvalue weighted by Gasteiger charge is -2.16. The van der Waals surface area contributed by atoms with Gasteiger partial charge in [-0.3, -0.25) is 0 Å². The Bertz CT molecular complexity index is 651. The highest BCUT2D eigenvalue weighted by Crippen LogP contribution is 2.33. The molecule has 21 heavy (non-hydrogen) atoms. The molecule has 0 fully saturated rings. The minimum Gasteiger partial charge on any atom is -0.438 e. The smallest absolute Gasteiger partial charge is 0.227 e. The number of aryl methyl sites for hydroxylation is 2. The molecule has 2 aromatic rings. The molecular weight excluding hydrogens is 262 g/mol. The van der Waals surface area contributed by atoms with Gasteiger partial charge in [-0.1, -0.05) is 32.9 Å². The summed E-state index contributed by atoms with van der Waals surface area (Å²) in [6.45, 7) is 10.2. The number of benzene rings is 1. The highest BCUT2D eigenvalue weighted by Gasteiger charge is 2.14. The van der Waals surface area contributed by atoms with Crippen molar-refractivity contribution >= 4 is 5.82 Å². The molecule has 4 heteroatoms. The molecule has 0 aliphatic heterocycles. The monoisotopic (exact) mass is 285 g/mol. The highest BCUT2D eigenvalue weighted by atomic mass is 16.5. The zero-order valence-electron chi connectivity index (χ0n) is 13.4. The molecule has 0 atom stereocenters. The van der Waals surface area contributed by atoms with E-state index >= 15 is 0 Å². The summed E-state index contributed by atoms with van der Waals surface area (Å²) in [6, 6.07) is 6.25. The van der Waals surface area contributed by atoms with Gasteiger partial charge in [0.2, 0.25) is 5.88 Å². The average molecular weight is 285 g/mol. The van der Waals surface area contributed by atoms with Gasteiger partial charge in [0.05, 0.1) is 5.56 Å². The molecule has 0 aliphatic rings. The maximum atomic E-state index is 6.07. The number of nitrogen functional groups attached to an aromatic ring is 1. The first-order valence-corrected chi connectivity index (χ1v) is 7.33. The predicted molar refractivity (Wildman–Crippen MR) is 85.9 cm³/mol. The van der Waals surface area contributed by atoms with Crippen LogP contribution in [0.5, 0.6) is 11.6 Å². The molecule has 112 valence electrons. The van der Waals surface area contributed by atoms with Gasteiger partial charge in [-0.15, -0.1) is 0 Å². The number of ether oxygens (including phenoxy) is 1. The standard InChI is InChI=1S/C17H23N3O/c1-6-15-19-16(18)12(5)17(20-15)21-14-9-11(4)7-8-13(14)10(2)3/h7-10H,6H2,1-5H3,(H2,18,19,20). The Hall–Kier alpha value is -2.10. The van der Waals surface area contributed by atoms with Crippen molar-refractivity contribution in [2.75, 3.05) is 5.73 Å². The van der Waals surface area contributed by atoms with Gasteiger partial charge in [-0.2, -0.15) is 4.98 Å². The van der Waals surface area contributed by atoms with E-state index in [1.165, 1.54) is 0 Å². The molecule has 0 bridgehead atoms. The maximum absolute atomic E-state index is 6.07. The van der Waals surface area contributed by atoms with E-state index in [1.54, 1.807) is 0 Å². The van der Waals surface area contributed by atoms with E-state index in [0.29, 0.717) is 23.4 Å². The number of nitrogens with zero attached hydrogens (tertiary/aromatic N) is 2. The SMILES string of the molecule is CCc1nc(N)c(C)c(Oc2cc(C)ccc2C(C)C)n1. The van der Waals surface area contributed by atoms with Crippen LogP contribution >= 0.6 is 0 Å². The Kier molecular flexibility index (Phi) is 4.46. The van der Waals surface area contributed by atoms with Crippen molar-refractivity contribution in [1.29, 1.82) is 0 Å². The van der Waals surface area contributed by atoms with E-state index in [2.05, 4.69) is 42.9 Å². The van der Waals surface area contributed by atoms with Gasteiger partial charge in [-0.25, -0.2) is 4.98 Å². The molecule has 4 nitrogen and oxygen atoms in total. The van der Waals surface area contributed by atoms with Crippen LogP contribution in [0.3, 0.4) is 0 Å². The van der Waals surface area contributed by atoms with Gasteiger partial charge >= 0.3 is 0 Å². The first kappa shape index (κ1) is 15.3. The molecule has 0 radical (unpaired) electrons. The van der Waals surface area contributed by atoms with Crippen LogP contribution in [-0.2, 0) is 6.42 Å². The van der Waals surface area contributed by atoms with E-state index in [9.17, 15) is 0 Å². The number of anilines is 1. The molecule has 2 rings (SSSR count). The Morgan fingerprint density at radius 2 is 1.90 bits per heavy atom. The minimum atomic E-state index is 0.380.